The van der Waals surface area contributed by atoms with E-state index >= 15 is 0 Å². The summed E-state index contributed by atoms with van der Waals surface area (Å²) in [6, 6.07) is 14.8. The summed E-state index contributed by atoms with van der Waals surface area (Å²) in [5.74, 6) is 0. The number of fused-ring (bicyclic) bond motifs is 2. The maximum Gasteiger partial charge on any atom is 4.00 e. The molecule has 4 heteroatoms. The third kappa shape index (κ3) is 6.96. The minimum atomic E-state index is 0. The standard InChI is InChI=1S/C16H22N.C12H11.2ClH.Zr/c1-15(2,3)11-8-7-9-13-14(11)12(10-17-13)16(4,5)6;1-9(2)12-7-10-5-3-4-6-11(10)8-12;;;/h7-9,17H,1-6H3;3-7H,1-2H3;2*1H;/q2*-1;;;+4/p-2. The van der Waals surface area contributed by atoms with Gasteiger partial charge in [0, 0.05) is 0 Å². The summed E-state index contributed by atoms with van der Waals surface area (Å²) in [5.41, 5.74) is 6.73. The summed E-state index contributed by atoms with van der Waals surface area (Å²) in [5, 5.41) is 3.86. The van der Waals surface area contributed by atoms with Crippen molar-refractivity contribution in [3.63, 3.8) is 0 Å². The van der Waals surface area contributed by atoms with Crippen LogP contribution in [0.5, 0.6) is 0 Å². The van der Waals surface area contributed by atoms with Crippen molar-refractivity contribution < 1.29 is 51.0 Å². The van der Waals surface area contributed by atoms with E-state index in [1.165, 1.54) is 43.6 Å². The molecule has 2 aromatic carbocycles. The van der Waals surface area contributed by atoms with Gasteiger partial charge in [0.1, 0.15) is 0 Å². The van der Waals surface area contributed by atoms with E-state index in [0.29, 0.717) is 0 Å². The van der Waals surface area contributed by atoms with Gasteiger partial charge in [0.05, 0.1) is 0 Å². The Balaban J connectivity index is 0.000000573. The van der Waals surface area contributed by atoms with Crippen LogP contribution in [0, 0.1) is 6.20 Å². The Bertz CT molecular complexity index is 1150. The molecule has 0 unspecified atom stereocenters. The molecule has 0 saturated carbocycles. The fourth-order valence-corrected chi connectivity index (χ4v) is 3.65. The molecule has 0 fully saturated rings. The fraction of sp³-hybridized carbons (Fsp3) is 0.357. The van der Waals surface area contributed by atoms with E-state index in [-0.39, 0.29) is 61.8 Å². The zero-order valence-corrected chi connectivity index (χ0v) is 24.3. The molecular weight excluding hydrogens is 512 g/mol. The molecule has 1 heterocycles. The van der Waals surface area contributed by atoms with Crippen molar-refractivity contribution in [2.24, 2.45) is 0 Å². The third-order valence-corrected chi connectivity index (χ3v) is 5.26. The molecule has 0 radical (unpaired) electrons. The zero-order chi connectivity index (χ0) is 21.4. The zero-order valence-electron chi connectivity index (χ0n) is 20.4. The molecule has 3 aromatic rings. The number of rotatable bonds is 0. The molecule has 1 N–H and O–H groups in total. The van der Waals surface area contributed by atoms with Gasteiger partial charge < -0.3 is 29.8 Å². The minimum Gasteiger partial charge on any atom is -1.00 e. The number of hydrogen-bond acceptors (Lipinski definition) is 0. The van der Waals surface area contributed by atoms with Crippen LogP contribution < -0.4 is 35.3 Å². The SMILES string of the molecule is CC(C)(C)c1[c-][nH]c2cccc(C(C)(C)C)c12.CC(C)=C1[C-]=c2ccccc2=C1.[Cl-].[Cl-].[Zr+4]. The number of nitrogens with one attached hydrogen (secondary N) is 1. The number of hydrogen-bond donors (Lipinski definition) is 1. The van der Waals surface area contributed by atoms with Gasteiger partial charge in [0.25, 0.3) is 0 Å². The van der Waals surface area contributed by atoms with E-state index < -0.39 is 0 Å². The van der Waals surface area contributed by atoms with Crippen LogP contribution in [0.4, 0.5) is 0 Å². The topological polar surface area (TPSA) is 15.8 Å². The second kappa shape index (κ2) is 11.9. The molecule has 4 rings (SSSR count). The summed E-state index contributed by atoms with van der Waals surface area (Å²) in [4.78, 5) is 3.28. The van der Waals surface area contributed by atoms with Gasteiger partial charge >= 0.3 is 26.2 Å². The van der Waals surface area contributed by atoms with Crippen LogP contribution in [0.25, 0.3) is 23.1 Å². The first kappa shape index (κ1) is 30.9. The number of allylic oxidation sites excluding steroid dienone is 2. The Kier molecular flexibility index (Phi) is 11.5. The Morgan fingerprint density at radius 3 is 1.97 bits per heavy atom. The van der Waals surface area contributed by atoms with Crippen LogP contribution in [0.1, 0.15) is 66.5 Å². The molecule has 0 bridgehead atoms. The molecule has 1 aliphatic carbocycles. The van der Waals surface area contributed by atoms with Gasteiger partial charge in [-0.25, -0.2) is 0 Å². The van der Waals surface area contributed by atoms with Crippen molar-refractivity contribution in [1.29, 1.82) is 0 Å². The summed E-state index contributed by atoms with van der Waals surface area (Å²) >= 11 is 0. The molecule has 1 aliphatic rings. The Hall–Kier alpha value is -1.08. The molecule has 0 aliphatic heterocycles. The number of aromatic amines is 1. The van der Waals surface area contributed by atoms with Crippen LogP contribution in [-0.4, -0.2) is 4.98 Å². The minimum absolute atomic E-state index is 0. The van der Waals surface area contributed by atoms with E-state index in [0.717, 1.165) is 0 Å². The first-order valence-electron chi connectivity index (χ1n) is 10.4. The van der Waals surface area contributed by atoms with Gasteiger partial charge in [0.15, 0.2) is 0 Å². The average molecular weight is 546 g/mol. The quantitative estimate of drug-likeness (QED) is 0.385. The van der Waals surface area contributed by atoms with Gasteiger partial charge in [0.2, 0.25) is 0 Å². The first-order chi connectivity index (χ1) is 13.5. The van der Waals surface area contributed by atoms with E-state index in [1.807, 2.05) is 6.07 Å². The second-order valence-electron chi connectivity index (χ2n) is 10.1. The molecule has 0 spiro atoms. The van der Waals surface area contributed by atoms with Crippen molar-refractivity contribution in [2.45, 2.75) is 66.2 Å². The maximum absolute atomic E-state index is 3.36. The monoisotopic (exact) mass is 543 g/mol. The Morgan fingerprint density at radius 1 is 0.812 bits per heavy atom. The molecule has 1 aromatic heterocycles. The number of halogens is 2. The summed E-state index contributed by atoms with van der Waals surface area (Å²) in [7, 11) is 0. The molecule has 0 atom stereocenters. The fourth-order valence-electron chi connectivity index (χ4n) is 3.65. The van der Waals surface area contributed by atoms with E-state index in [9.17, 15) is 0 Å². The largest absolute Gasteiger partial charge is 4.00 e. The molecule has 168 valence electrons. The van der Waals surface area contributed by atoms with E-state index in [4.69, 9.17) is 0 Å². The number of aromatic nitrogens is 1. The van der Waals surface area contributed by atoms with Crippen molar-refractivity contribution in [2.75, 3.05) is 0 Å². The molecule has 1 nitrogen and oxygen atoms in total. The van der Waals surface area contributed by atoms with Crippen LogP contribution in [0.2, 0.25) is 0 Å². The van der Waals surface area contributed by atoms with Gasteiger partial charge in [-0.2, -0.15) is 0 Å². The van der Waals surface area contributed by atoms with Gasteiger partial charge in [-0.15, -0.1) is 68.5 Å². The second-order valence-corrected chi connectivity index (χ2v) is 10.1. The van der Waals surface area contributed by atoms with Gasteiger partial charge in [-0.1, -0.05) is 91.3 Å². The summed E-state index contributed by atoms with van der Waals surface area (Å²) in [6.45, 7) is 17.8. The van der Waals surface area contributed by atoms with Crippen molar-refractivity contribution in [3.05, 3.63) is 81.4 Å². The average Bonchev–Trinajstić information content (AvgIpc) is 3.25. The smallest absolute Gasteiger partial charge is 1.00 e. The maximum atomic E-state index is 3.36. The third-order valence-electron chi connectivity index (χ3n) is 5.26. The van der Waals surface area contributed by atoms with Crippen molar-refractivity contribution in [3.8, 4) is 0 Å². The van der Waals surface area contributed by atoms with Crippen LogP contribution >= 0.6 is 0 Å². The predicted molar refractivity (Wildman–Crippen MR) is 126 cm³/mol. The Morgan fingerprint density at radius 2 is 1.44 bits per heavy atom. The summed E-state index contributed by atoms with van der Waals surface area (Å²) < 4.78 is 0. The van der Waals surface area contributed by atoms with Crippen molar-refractivity contribution >= 4 is 23.1 Å². The van der Waals surface area contributed by atoms with Crippen LogP contribution in [0.15, 0.2) is 53.6 Å². The number of H-pyrrole nitrogens is 1. The van der Waals surface area contributed by atoms with E-state index in [1.54, 1.807) is 0 Å². The first-order valence-corrected chi connectivity index (χ1v) is 10.4. The van der Waals surface area contributed by atoms with Crippen LogP contribution in [-0.2, 0) is 37.0 Å². The molecular formula is C28H33Cl2NZr. The number of benzene rings is 2. The molecule has 0 saturated heterocycles. The normalized spacial score (nSPS) is 12.1. The Labute approximate surface area is 225 Å². The predicted octanol–water partition coefficient (Wildman–Crippen LogP) is 0.0432. The molecule has 32 heavy (non-hydrogen) atoms. The molecule has 0 amide bonds. The van der Waals surface area contributed by atoms with Gasteiger partial charge in [-0.05, 0) is 10.8 Å². The van der Waals surface area contributed by atoms with E-state index in [2.05, 4.69) is 115 Å². The van der Waals surface area contributed by atoms with Gasteiger partial charge in [-0.3, -0.25) is 0 Å². The van der Waals surface area contributed by atoms with Crippen molar-refractivity contribution in [1.82, 2.24) is 4.98 Å². The van der Waals surface area contributed by atoms with Crippen LogP contribution in [0.3, 0.4) is 0 Å². The summed E-state index contributed by atoms with van der Waals surface area (Å²) in [6.07, 6.45) is 8.88.